The molecule has 0 spiro atoms. The van der Waals surface area contributed by atoms with Gasteiger partial charge in [-0.25, -0.2) is 9.36 Å². The fourth-order valence-electron chi connectivity index (χ4n) is 2.98. The summed E-state index contributed by atoms with van der Waals surface area (Å²) in [6.45, 7) is 2.04. The fourth-order valence-corrected chi connectivity index (χ4v) is 3.75. The number of phosphoric acid groups is 1. The first-order valence-corrected chi connectivity index (χ1v) is 14.2. The van der Waals surface area contributed by atoms with Crippen molar-refractivity contribution in [3.63, 3.8) is 0 Å². The molecule has 210 valence electrons. The van der Waals surface area contributed by atoms with E-state index in [4.69, 9.17) is 4.74 Å². The predicted molar refractivity (Wildman–Crippen MR) is 134 cm³/mol. The summed E-state index contributed by atoms with van der Waals surface area (Å²) in [6, 6.07) is -1.54. The molecule has 36 heavy (non-hydrogen) atoms. The number of aliphatic hydroxyl groups is 1. The van der Waals surface area contributed by atoms with E-state index in [0.29, 0.717) is 12.8 Å². The molecule has 0 bridgehead atoms. The van der Waals surface area contributed by atoms with E-state index in [1.807, 2.05) is 0 Å². The van der Waals surface area contributed by atoms with Gasteiger partial charge in [0.05, 0.1) is 13.2 Å². The van der Waals surface area contributed by atoms with E-state index < -0.39 is 57.6 Å². The third-order valence-electron chi connectivity index (χ3n) is 5.02. The van der Waals surface area contributed by atoms with Crippen LogP contribution in [-0.4, -0.2) is 64.9 Å². The second-order valence-electron chi connectivity index (χ2n) is 8.53. The fraction of sp³-hybridized carbons (Fsp3) is 0.792. The van der Waals surface area contributed by atoms with Gasteiger partial charge in [0, 0.05) is 12.8 Å². The summed E-state index contributed by atoms with van der Waals surface area (Å²) in [7, 11) is -4.71. The van der Waals surface area contributed by atoms with Crippen molar-refractivity contribution in [1.29, 1.82) is 0 Å². The van der Waals surface area contributed by atoms with Crippen molar-refractivity contribution in [2.45, 2.75) is 103 Å². The summed E-state index contributed by atoms with van der Waals surface area (Å²) in [5.41, 5.74) is 0. The average molecular weight is 538 g/mol. The Labute approximate surface area is 214 Å². The lowest BCUT2D eigenvalue weighted by Gasteiger charge is -2.18. The zero-order chi connectivity index (χ0) is 27.2. The standard InChI is InChI=1S/C24H44NO10P/c1-3-5-6-7-8-9-10-11-12-13-14-16-22(27)25-21(24(29)30)19-35-36(31,32)34-18-20(26)17-33-23(28)15-4-2/h7-8,20-21,26H,3-6,9-19H2,1-2H3,(H,25,27)(H,29,30)(H,31,32)/b8-7-. The van der Waals surface area contributed by atoms with Crippen LogP contribution in [0.25, 0.3) is 0 Å². The number of esters is 1. The highest BCUT2D eigenvalue weighted by Crippen LogP contribution is 2.43. The largest absolute Gasteiger partial charge is 0.480 e. The smallest absolute Gasteiger partial charge is 0.472 e. The van der Waals surface area contributed by atoms with Crippen molar-refractivity contribution in [1.82, 2.24) is 5.32 Å². The van der Waals surface area contributed by atoms with Crippen LogP contribution >= 0.6 is 7.82 Å². The number of ether oxygens (including phenoxy) is 1. The quantitative estimate of drug-likeness (QED) is 0.0649. The molecule has 0 saturated carbocycles. The van der Waals surface area contributed by atoms with Crippen molar-refractivity contribution in [2.75, 3.05) is 19.8 Å². The molecule has 0 aliphatic carbocycles. The van der Waals surface area contributed by atoms with Gasteiger partial charge in [0.15, 0.2) is 6.04 Å². The van der Waals surface area contributed by atoms with Crippen LogP contribution < -0.4 is 5.32 Å². The van der Waals surface area contributed by atoms with Crippen molar-refractivity contribution < 1.29 is 47.8 Å². The Hall–Kier alpha value is -1.78. The summed E-state index contributed by atoms with van der Waals surface area (Å²) in [5, 5.41) is 21.2. The van der Waals surface area contributed by atoms with Crippen molar-refractivity contribution in [3.05, 3.63) is 12.2 Å². The van der Waals surface area contributed by atoms with Crippen molar-refractivity contribution in [2.24, 2.45) is 0 Å². The number of hydrogen-bond acceptors (Lipinski definition) is 8. The summed E-state index contributed by atoms with van der Waals surface area (Å²) in [6.07, 6.45) is 13.1. The first-order chi connectivity index (χ1) is 17.1. The minimum absolute atomic E-state index is 0.136. The number of carboxylic acid groups (broad SMARTS) is 1. The minimum atomic E-state index is -4.71. The van der Waals surface area contributed by atoms with Crippen LogP contribution in [0, 0.1) is 0 Å². The minimum Gasteiger partial charge on any atom is -0.480 e. The predicted octanol–water partition coefficient (Wildman–Crippen LogP) is 3.87. The highest BCUT2D eigenvalue weighted by atomic mass is 31.2. The topological polar surface area (TPSA) is 169 Å². The molecule has 0 heterocycles. The van der Waals surface area contributed by atoms with Gasteiger partial charge in [-0.2, -0.15) is 0 Å². The number of aliphatic carboxylic acids is 1. The van der Waals surface area contributed by atoms with Gasteiger partial charge in [0.2, 0.25) is 5.91 Å². The molecule has 0 aromatic rings. The van der Waals surface area contributed by atoms with Crippen molar-refractivity contribution >= 4 is 25.7 Å². The Morgan fingerprint density at radius 3 is 2.11 bits per heavy atom. The molecular weight excluding hydrogens is 493 g/mol. The van der Waals surface area contributed by atoms with E-state index >= 15 is 0 Å². The normalized spacial score (nSPS) is 14.8. The molecule has 3 atom stereocenters. The Morgan fingerprint density at radius 1 is 0.861 bits per heavy atom. The Balaban J connectivity index is 4.13. The number of allylic oxidation sites excluding steroid dienone is 2. The molecule has 0 rings (SSSR count). The summed E-state index contributed by atoms with van der Waals surface area (Å²) in [4.78, 5) is 44.4. The number of phosphoric ester groups is 1. The van der Waals surface area contributed by atoms with E-state index in [1.165, 1.54) is 12.8 Å². The van der Waals surface area contributed by atoms with Gasteiger partial charge in [0.25, 0.3) is 0 Å². The third kappa shape index (κ3) is 20.4. The summed E-state index contributed by atoms with van der Waals surface area (Å²) < 4.78 is 25.9. The number of carbonyl (C=O) groups excluding carboxylic acids is 2. The number of hydrogen-bond donors (Lipinski definition) is 4. The maximum absolute atomic E-state index is 12.1. The molecule has 0 radical (unpaired) electrons. The molecule has 0 aromatic heterocycles. The van der Waals surface area contributed by atoms with E-state index in [0.717, 1.165) is 38.5 Å². The van der Waals surface area contributed by atoms with E-state index in [2.05, 4.69) is 33.4 Å². The monoisotopic (exact) mass is 537 g/mol. The van der Waals surface area contributed by atoms with Crippen LogP contribution in [0.1, 0.15) is 90.9 Å². The number of unbranched alkanes of at least 4 members (excludes halogenated alkanes) is 7. The average Bonchev–Trinajstić information content (AvgIpc) is 2.82. The molecule has 3 unspecified atom stereocenters. The van der Waals surface area contributed by atoms with Crippen LogP contribution in [0.3, 0.4) is 0 Å². The van der Waals surface area contributed by atoms with Crippen LogP contribution in [0.5, 0.6) is 0 Å². The first-order valence-electron chi connectivity index (χ1n) is 12.7. The van der Waals surface area contributed by atoms with Crippen LogP contribution in [0.2, 0.25) is 0 Å². The molecular formula is C24H44NO10P. The van der Waals surface area contributed by atoms with E-state index in [1.54, 1.807) is 6.92 Å². The van der Waals surface area contributed by atoms with Gasteiger partial charge in [0.1, 0.15) is 12.7 Å². The van der Waals surface area contributed by atoms with Crippen LogP contribution in [0.15, 0.2) is 12.2 Å². The van der Waals surface area contributed by atoms with Gasteiger partial charge in [-0.05, 0) is 32.1 Å². The number of amides is 1. The lowest BCUT2D eigenvalue weighted by atomic mass is 10.1. The van der Waals surface area contributed by atoms with Crippen molar-refractivity contribution in [3.8, 4) is 0 Å². The maximum Gasteiger partial charge on any atom is 0.472 e. The van der Waals surface area contributed by atoms with Crippen LogP contribution in [0.4, 0.5) is 0 Å². The Bertz CT molecular complexity index is 700. The first kappa shape index (κ1) is 34.2. The Morgan fingerprint density at radius 2 is 1.47 bits per heavy atom. The summed E-state index contributed by atoms with van der Waals surface area (Å²) >= 11 is 0. The lowest BCUT2D eigenvalue weighted by molar-refractivity contribution is -0.147. The highest BCUT2D eigenvalue weighted by Gasteiger charge is 2.28. The van der Waals surface area contributed by atoms with Crippen LogP contribution in [-0.2, 0) is 32.7 Å². The number of rotatable bonds is 23. The molecule has 0 aliphatic heterocycles. The number of aliphatic hydroxyl groups excluding tert-OH is 1. The second kappa shape index (κ2) is 21.3. The second-order valence-corrected chi connectivity index (χ2v) is 9.98. The van der Waals surface area contributed by atoms with E-state index in [-0.39, 0.29) is 12.8 Å². The Kier molecular flexibility index (Phi) is 20.3. The van der Waals surface area contributed by atoms with E-state index in [9.17, 15) is 34.1 Å². The lowest BCUT2D eigenvalue weighted by Crippen LogP contribution is -2.43. The van der Waals surface area contributed by atoms with Gasteiger partial charge in [-0.15, -0.1) is 0 Å². The summed E-state index contributed by atoms with van der Waals surface area (Å²) in [5.74, 6) is -2.45. The molecule has 12 heteroatoms. The zero-order valence-electron chi connectivity index (χ0n) is 21.6. The van der Waals surface area contributed by atoms with Gasteiger partial charge in [-0.1, -0.05) is 58.1 Å². The maximum atomic E-state index is 12.1. The van der Waals surface area contributed by atoms with Gasteiger partial charge >= 0.3 is 19.8 Å². The molecule has 4 N–H and O–H groups in total. The van der Waals surface area contributed by atoms with Gasteiger partial charge in [-0.3, -0.25) is 18.6 Å². The zero-order valence-corrected chi connectivity index (χ0v) is 22.5. The molecule has 0 aromatic carbocycles. The number of nitrogens with one attached hydrogen (secondary N) is 1. The number of carbonyl (C=O) groups is 3. The van der Waals surface area contributed by atoms with Gasteiger partial charge < -0.3 is 25.2 Å². The number of carboxylic acids is 1. The molecule has 0 fully saturated rings. The highest BCUT2D eigenvalue weighted by molar-refractivity contribution is 7.47. The molecule has 0 saturated heterocycles. The molecule has 11 nitrogen and oxygen atoms in total. The SMILES string of the molecule is CCCC/C=C\CCCCCCCC(=O)NC(COP(=O)(O)OCC(O)COC(=O)CCC)C(=O)O. The molecule has 1 amide bonds. The molecule has 0 aliphatic rings. The third-order valence-corrected chi connectivity index (χ3v) is 5.97.